The van der Waals surface area contributed by atoms with Gasteiger partial charge in [0, 0.05) is 38.3 Å². The van der Waals surface area contributed by atoms with Crippen molar-refractivity contribution in [3.8, 4) is 0 Å². The first-order valence-electron chi connectivity index (χ1n) is 7.76. The van der Waals surface area contributed by atoms with E-state index in [0.717, 1.165) is 31.2 Å². The van der Waals surface area contributed by atoms with Crippen LogP contribution in [0.5, 0.6) is 0 Å². The monoisotopic (exact) mass is 303 g/mol. The highest BCUT2D eigenvalue weighted by molar-refractivity contribution is 5.81. The third-order valence-corrected chi connectivity index (χ3v) is 3.72. The van der Waals surface area contributed by atoms with E-state index in [-0.39, 0.29) is 17.9 Å². The molecule has 0 bridgehead atoms. The molecule has 2 N–H and O–H groups in total. The molecule has 120 valence electrons. The third-order valence-electron chi connectivity index (χ3n) is 3.72. The van der Waals surface area contributed by atoms with Gasteiger partial charge in [0.15, 0.2) is 5.96 Å². The van der Waals surface area contributed by atoms with Crippen molar-refractivity contribution >= 4 is 11.9 Å². The summed E-state index contributed by atoms with van der Waals surface area (Å²) >= 11 is 0. The molecule has 2 heterocycles. The van der Waals surface area contributed by atoms with Gasteiger partial charge in [0.05, 0.1) is 12.2 Å². The maximum atomic E-state index is 12.0. The number of rotatable bonds is 4. The number of nitrogens with zero attached hydrogens (tertiary/aromatic N) is 3. The lowest BCUT2D eigenvalue weighted by molar-refractivity contribution is -0.133. The highest BCUT2D eigenvalue weighted by Crippen LogP contribution is 2.12. The summed E-state index contributed by atoms with van der Waals surface area (Å²) in [6.45, 7) is 6.06. The molecule has 1 unspecified atom stereocenters. The van der Waals surface area contributed by atoms with Gasteiger partial charge in [0.1, 0.15) is 0 Å². The van der Waals surface area contributed by atoms with Crippen LogP contribution in [0.25, 0.3) is 0 Å². The fourth-order valence-corrected chi connectivity index (χ4v) is 2.51. The van der Waals surface area contributed by atoms with Crippen LogP contribution in [0.2, 0.25) is 0 Å². The van der Waals surface area contributed by atoms with Crippen LogP contribution in [0, 0.1) is 5.92 Å². The van der Waals surface area contributed by atoms with Crippen LogP contribution in [-0.4, -0.2) is 47.9 Å². The van der Waals surface area contributed by atoms with Gasteiger partial charge in [-0.15, -0.1) is 0 Å². The van der Waals surface area contributed by atoms with Crippen LogP contribution in [-0.2, 0) is 11.3 Å². The number of aliphatic imine (C=N–C) groups is 1. The maximum Gasteiger partial charge on any atom is 0.225 e. The van der Waals surface area contributed by atoms with E-state index in [1.165, 1.54) is 0 Å². The summed E-state index contributed by atoms with van der Waals surface area (Å²) in [5.74, 6) is 1.02. The van der Waals surface area contributed by atoms with Crippen molar-refractivity contribution in [1.82, 2.24) is 20.5 Å². The summed E-state index contributed by atoms with van der Waals surface area (Å²) in [6, 6.07) is 6.08. The minimum Gasteiger partial charge on any atom is -0.352 e. The van der Waals surface area contributed by atoms with Crippen LogP contribution in [0.4, 0.5) is 0 Å². The fraction of sp³-hybridized carbons (Fsp3) is 0.562. The number of carbonyl (C=O) groups excluding carboxylic acids is 1. The summed E-state index contributed by atoms with van der Waals surface area (Å²) in [5, 5.41) is 6.63. The van der Waals surface area contributed by atoms with Crippen molar-refractivity contribution < 1.29 is 4.79 Å². The van der Waals surface area contributed by atoms with Crippen LogP contribution >= 0.6 is 0 Å². The van der Waals surface area contributed by atoms with Gasteiger partial charge in [0.2, 0.25) is 5.91 Å². The van der Waals surface area contributed by atoms with Crippen molar-refractivity contribution in [2.45, 2.75) is 32.9 Å². The highest BCUT2D eigenvalue weighted by atomic mass is 16.2. The normalized spacial score (nSPS) is 18.6. The fourth-order valence-electron chi connectivity index (χ4n) is 2.51. The molecule has 1 aliphatic rings. The molecule has 22 heavy (non-hydrogen) atoms. The molecule has 1 amide bonds. The third kappa shape index (κ3) is 4.44. The van der Waals surface area contributed by atoms with E-state index >= 15 is 0 Å². The lowest BCUT2D eigenvalue weighted by Gasteiger charge is -2.20. The molecule has 0 aromatic carbocycles. The second-order valence-corrected chi connectivity index (χ2v) is 5.82. The quantitative estimate of drug-likeness (QED) is 0.643. The molecule has 0 saturated carbocycles. The van der Waals surface area contributed by atoms with E-state index in [4.69, 9.17) is 0 Å². The maximum absolute atomic E-state index is 12.0. The van der Waals surface area contributed by atoms with E-state index in [2.05, 4.69) is 20.6 Å². The predicted octanol–water partition coefficient (Wildman–Crippen LogP) is 1.00. The molecule has 2 rings (SSSR count). The summed E-state index contributed by atoms with van der Waals surface area (Å²) < 4.78 is 0. The molecule has 1 aromatic heterocycles. The van der Waals surface area contributed by atoms with Crippen molar-refractivity contribution in [1.29, 1.82) is 0 Å². The molecule has 1 aromatic rings. The molecule has 0 spiro atoms. The molecular formula is C16H25N5O. The molecule has 1 atom stereocenters. The molecule has 0 radical (unpaired) electrons. The topological polar surface area (TPSA) is 69.6 Å². The Kier molecular flexibility index (Phi) is 5.75. The Morgan fingerprint density at radius 3 is 2.95 bits per heavy atom. The van der Waals surface area contributed by atoms with Crippen molar-refractivity contribution in [2.24, 2.45) is 10.9 Å². The van der Waals surface area contributed by atoms with Gasteiger partial charge in [-0.3, -0.25) is 14.8 Å². The SMILES string of the molecule is CN=C(NCc1ccccn1)NC1CCN(C(=O)C(C)C)C1. The molecule has 0 aliphatic carbocycles. The average Bonchev–Trinajstić information content (AvgIpc) is 3.00. The van der Waals surface area contributed by atoms with E-state index < -0.39 is 0 Å². The Hall–Kier alpha value is -2.11. The van der Waals surface area contributed by atoms with E-state index in [1.807, 2.05) is 36.9 Å². The van der Waals surface area contributed by atoms with Crippen LogP contribution in [0.1, 0.15) is 26.0 Å². The molecule has 6 nitrogen and oxygen atoms in total. The number of aromatic nitrogens is 1. The first kappa shape index (κ1) is 16.3. The average molecular weight is 303 g/mol. The van der Waals surface area contributed by atoms with Crippen molar-refractivity contribution in [3.05, 3.63) is 30.1 Å². The van der Waals surface area contributed by atoms with Crippen LogP contribution < -0.4 is 10.6 Å². The van der Waals surface area contributed by atoms with Gasteiger partial charge < -0.3 is 15.5 Å². The number of guanidine groups is 1. The number of carbonyl (C=O) groups is 1. The van der Waals surface area contributed by atoms with Crippen LogP contribution in [0.15, 0.2) is 29.4 Å². The molecule has 1 saturated heterocycles. The summed E-state index contributed by atoms with van der Waals surface area (Å²) in [4.78, 5) is 22.4. The van der Waals surface area contributed by atoms with Gasteiger partial charge in [-0.2, -0.15) is 0 Å². The first-order valence-corrected chi connectivity index (χ1v) is 7.76. The smallest absolute Gasteiger partial charge is 0.225 e. The molecule has 1 aliphatic heterocycles. The number of hydrogen-bond donors (Lipinski definition) is 2. The highest BCUT2D eigenvalue weighted by Gasteiger charge is 2.27. The van der Waals surface area contributed by atoms with Gasteiger partial charge in [-0.25, -0.2) is 0 Å². The summed E-state index contributed by atoms with van der Waals surface area (Å²) in [6.07, 6.45) is 2.72. The zero-order valence-corrected chi connectivity index (χ0v) is 13.5. The van der Waals surface area contributed by atoms with E-state index in [1.54, 1.807) is 13.2 Å². The van der Waals surface area contributed by atoms with Gasteiger partial charge in [-0.05, 0) is 18.6 Å². The molecule has 1 fully saturated rings. The minimum atomic E-state index is 0.0559. The van der Waals surface area contributed by atoms with Gasteiger partial charge in [-0.1, -0.05) is 19.9 Å². The molecule has 6 heteroatoms. The van der Waals surface area contributed by atoms with Crippen molar-refractivity contribution in [3.63, 3.8) is 0 Å². The lowest BCUT2D eigenvalue weighted by atomic mass is 10.2. The minimum absolute atomic E-state index is 0.0559. The Labute approximate surface area is 132 Å². The van der Waals surface area contributed by atoms with Crippen molar-refractivity contribution in [2.75, 3.05) is 20.1 Å². The molecular weight excluding hydrogens is 278 g/mol. The summed E-state index contributed by atoms with van der Waals surface area (Å²) in [5.41, 5.74) is 0.966. The second kappa shape index (κ2) is 7.77. The van der Waals surface area contributed by atoms with Gasteiger partial charge in [0.25, 0.3) is 0 Å². The van der Waals surface area contributed by atoms with Gasteiger partial charge >= 0.3 is 0 Å². The summed E-state index contributed by atoms with van der Waals surface area (Å²) in [7, 11) is 1.75. The zero-order chi connectivity index (χ0) is 15.9. The Bertz CT molecular complexity index is 515. The van der Waals surface area contributed by atoms with Crippen LogP contribution in [0.3, 0.4) is 0 Å². The zero-order valence-electron chi connectivity index (χ0n) is 13.5. The van der Waals surface area contributed by atoms with E-state index in [0.29, 0.717) is 6.54 Å². The predicted molar refractivity (Wildman–Crippen MR) is 87.4 cm³/mol. The largest absolute Gasteiger partial charge is 0.352 e. The number of amides is 1. The first-order chi connectivity index (χ1) is 10.6. The van der Waals surface area contributed by atoms with E-state index in [9.17, 15) is 4.79 Å². The standard InChI is InChI=1S/C16H25N5O/c1-12(2)15(22)21-9-7-14(11-21)20-16(17-3)19-10-13-6-4-5-8-18-13/h4-6,8,12,14H,7,9-11H2,1-3H3,(H2,17,19,20). The number of pyridine rings is 1. The number of nitrogens with one attached hydrogen (secondary N) is 2. The Balaban J connectivity index is 1.81. The Morgan fingerprint density at radius 1 is 1.50 bits per heavy atom. The Morgan fingerprint density at radius 2 is 2.32 bits per heavy atom. The lowest BCUT2D eigenvalue weighted by Crippen LogP contribution is -2.45. The number of likely N-dealkylation sites (tertiary alicyclic amines) is 1. The second-order valence-electron chi connectivity index (χ2n) is 5.82. The number of hydrogen-bond acceptors (Lipinski definition) is 3.